The van der Waals surface area contributed by atoms with Gasteiger partial charge in [0, 0.05) is 12.1 Å². The maximum atomic E-state index is 13.5. The van der Waals surface area contributed by atoms with Crippen molar-refractivity contribution in [2.45, 2.75) is 45.0 Å². The minimum absolute atomic E-state index is 0.0786. The van der Waals surface area contributed by atoms with Crippen molar-refractivity contribution in [2.24, 2.45) is 5.92 Å². The quantitative estimate of drug-likeness (QED) is 0.0683. The molecule has 42 heavy (non-hydrogen) atoms. The Balaban J connectivity index is 1.49. The monoisotopic (exact) mass is 614 g/mol. The van der Waals surface area contributed by atoms with Crippen LogP contribution in [0, 0.1) is 16.0 Å². The van der Waals surface area contributed by atoms with E-state index >= 15 is 0 Å². The van der Waals surface area contributed by atoms with Gasteiger partial charge in [0.1, 0.15) is 25.2 Å². The zero-order valence-corrected chi connectivity index (χ0v) is 24.2. The largest absolute Gasteiger partial charge is 0.604 e. The van der Waals surface area contributed by atoms with Gasteiger partial charge in [0.2, 0.25) is 11.3 Å². The number of β-lactam (4-membered cyclic amide) rings is 1. The number of fused-ring (bicyclic) bond motifs is 1. The Morgan fingerprint density at radius 2 is 1.76 bits per heavy atom. The predicted octanol–water partition coefficient (Wildman–Crippen LogP) is 3.91. The molecule has 0 radical (unpaired) electrons. The number of benzene rings is 2. The fourth-order valence-corrected chi connectivity index (χ4v) is 7.23. The number of carbonyl (C=O) groups excluding carboxylic acids is 3. The van der Waals surface area contributed by atoms with Crippen LogP contribution in [0.25, 0.3) is 5.53 Å². The summed E-state index contributed by atoms with van der Waals surface area (Å²) in [6.07, 6.45) is -1.57. The Morgan fingerprint density at radius 3 is 2.38 bits per heavy atom. The number of carbonyl (C=O) groups is 3. The number of hydrogen-bond donors (Lipinski definition) is 0. The number of ether oxygens (including phenoxy) is 3. The molecule has 0 spiro atoms. The third-order valence-electron chi connectivity index (χ3n) is 6.38. The van der Waals surface area contributed by atoms with Crippen molar-refractivity contribution in [3.8, 4) is 0 Å². The Labute approximate surface area is 247 Å². The van der Waals surface area contributed by atoms with Gasteiger partial charge in [-0.1, -0.05) is 37.3 Å². The molecule has 1 fully saturated rings. The first-order valence-electron chi connectivity index (χ1n) is 12.8. The van der Waals surface area contributed by atoms with Crippen molar-refractivity contribution in [1.82, 2.24) is 4.90 Å². The van der Waals surface area contributed by atoms with E-state index in [0.29, 0.717) is 23.3 Å². The molecule has 1 saturated heterocycles. The molecule has 0 aliphatic carbocycles. The average Bonchev–Trinajstić information content (AvgIpc) is 2.98. The van der Waals surface area contributed by atoms with Crippen LogP contribution >= 0.6 is 11.8 Å². The Bertz CT molecular complexity index is 1450. The lowest BCUT2D eigenvalue weighted by atomic mass is 9.91. The first-order chi connectivity index (χ1) is 20.2. The number of rotatable bonds is 11. The molecule has 0 saturated carbocycles. The van der Waals surface area contributed by atoms with Crippen molar-refractivity contribution >= 4 is 51.7 Å². The third-order valence-corrected chi connectivity index (χ3v) is 9.41. The minimum atomic E-state index is -2.07. The van der Waals surface area contributed by atoms with Gasteiger partial charge in [-0.3, -0.25) is 19.8 Å². The van der Waals surface area contributed by atoms with Crippen LogP contribution < -0.4 is 0 Å². The fourth-order valence-electron chi connectivity index (χ4n) is 4.32. The zero-order valence-electron chi connectivity index (χ0n) is 22.5. The van der Waals surface area contributed by atoms with E-state index in [2.05, 4.69) is 4.79 Å². The highest BCUT2D eigenvalue weighted by molar-refractivity contribution is 8.13. The summed E-state index contributed by atoms with van der Waals surface area (Å²) in [6.45, 7) is 2.98. The molecule has 2 aliphatic heterocycles. The van der Waals surface area contributed by atoms with Crippen molar-refractivity contribution in [3.05, 3.63) is 92.0 Å². The van der Waals surface area contributed by atoms with E-state index in [-0.39, 0.29) is 34.5 Å². The summed E-state index contributed by atoms with van der Waals surface area (Å²) in [5, 5.41) is 9.36. The highest BCUT2D eigenvalue weighted by Gasteiger charge is 2.67. The Hall–Kier alpha value is -4.17. The molecule has 2 aliphatic rings. The summed E-state index contributed by atoms with van der Waals surface area (Å²) < 4.78 is 29.3. The Morgan fingerprint density at radius 1 is 1.12 bits per heavy atom. The van der Waals surface area contributed by atoms with E-state index < -0.39 is 51.5 Å². The minimum Gasteiger partial charge on any atom is -0.604 e. The summed E-state index contributed by atoms with van der Waals surface area (Å²) in [5.74, 6) is -2.13. The molecule has 0 N–H and O–H groups in total. The lowest BCUT2D eigenvalue weighted by Gasteiger charge is -2.48. The Kier molecular flexibility index (Phi) is 10.0. The van der Waals surface area contributed by atoms with Crippen molar-refractivity contribution in [2.75, 3.05) is 5.75 Å². The van der Waals surface area contributed by atoms with E-state index in [1.807, 2.05) is 13.0 Å². The second kappa shape index (κ2) is 13.7. The molecule has 2 heterocycles. The van der Waals surface area contributed by atoms with Gasteiger partial charge in [0.25, 0.3) is 5.69 Å². The second-order valence-corrected chi connectivity index (χ2v) is 11.8. The highest BCUT2D eigenvalue weighted by atomic mass is 32.2. The van der Waals surface area contributed by atoms with E-state index in [0.717, 1.165) is 16.7 Å². The summed E-state index contributed by atoms with van der Waals surface area (Å²) in [7, 11) is 0. The van der Waals surface area contributed by atoms with Crippen LogP contribution in [-0.4, -0.2) is 59.5 Å². The zero-order chi connectivity index (χ0) is 30.4. The summed E-state index contributed by atoms with van der Waals surface area (Å²) in [6, 6.07) is 14.3. The second-order valence-electron chi connectivity index (χ2n) is 9.20. The van der Waals surface area contributed by atoms with Gasteiger partial charge in [0.05, 0.1) is 16.1 Å². The first kappa shape index (κ1) is 30.8. The first-order valence-corrected chi connectivity index (χ1v) is 15.0. The molecule has 4 rings (SSSR count). The van der Waals surface area contributed by atoms with Gasteiger partial charge >= 0.3 is 17.2 Å². The SMILES string of the molecule is CCCSC1=C(C(=O)OCc2ccccc2)N2C(=O)[C@H](C(C)OC(=O)OCc3ccc([N+](=O)[O-])cc3)[C@H]2[S+]([O-])C1=[N+]=[N-]. The maximum Gasteiger partial charge on any atom is 0.508 e. The molecule has 2 aromatic rings. The summed E-state index contributed by atoms with van der Waals surface area (Å²) in [4.78, 5) is 53.7. The van der Waals surface area contributed by atoms with Crippen molar-refractivity contribution < 1.29 is 42.9 Å². The standard InChI is InChI=1S/C27H26N4O9S2/c1-3-13-41-22-21(26(33)38-14-17-7-5-4-6-8-17)30-24(32)20(25(30)42(37)23(22)29-28)16(2)40-27(34)39-15-18-9-11-19(12-10-18)31(35)36/h4-12,16,20,25H,3,13-15H2,1-2H3/t16?,20-,25+,42?/m0/s1. The van der Waals surface area contributed by atoms with Crippen molar-refractivity contribution in [1.29, 1.82) is 0 Å². The molecule has 15 heteroatoms. The number of esters is 1. The molecule has 4 atom stereocenters. The molecule has 220 valence electrons. The molecule has 13 nitrogen and oxygen atoms in total. The van der Waals surface area contributed by atoms with Gasteiger partial charge in [-0.05, 0) is 42.4 Å². The van der Waals surface area contributed by atoms with Gasteiger partial charge in [-0.15, -0.1) is 16.6 Å². The summed E-state index contributed by atoms with van der Waals surface area (Å²) >= 11 is -0.952. The van der Waals surface area contributed by atoms with Crippen molar-refractivity contribution in [3.63, 3.8) is 0 Å². The number of hydrogen-bond acceptors (Lipinski definition) is 10. The normalized spacial score (nSPS) is 20.2. The number of amides is 1. The lowest BCUT2D eigenvalue weighted by molar-refractivity contribution is -0.384. The van der Waals surface area contributed by atoms with E-state index in [1.54, 1.807) is 24.3 Å². The van der Waals surface area contributed by atoms with Crippen LogP contribution in [0.1, 0.15) is 31.4 Å². The topological polar surface area (TPSA) is 185 Å². The maximum absolute atomic E-state index is 13.5. The number of nitro benzene ring substituents is 1. The van der Waals surface area contributed by atoms with Crippen LogP contribution in [0.2, 0.25) is 0 Å². The van der Waals surface area contributed by atoms with Gasteiger partial charge < -0.3 is 24.3 Å². The number of nitrogens with zero attached hydrogens (tertiary/aromatic N) is 4. The highest BCUT2D eigenvalue weighted by Crippen LogP contribution is 2.46. The predicted molar refractivity (Wildman–Crippen MR) is 151 cm³/mol. The van der Waals surface area contributed by atoms with Crippen LogP contribution in [0.15, 0.2) is 65.2 Å². The molecule has 0 aromatic heterocycles. The number of nitro groups is 1. The summed E-state index contributed by atoms with van der Waals surface area (Å²) in [5.41, 5.74) is 10.6. The van der Waals surface area contributed by atoms with Crippen LogP contribution in [0.4, 0.5) is 10.5 Å². The van der Waals surface area contributed by atoms with Crippen LogP contribution in [0.5, 0.6) is 0 Å². The van der Waals surface area contributed by atoms with E-state index in [9.17, 15) is 34.6 Å². The molecule has 1 amide bonds. The van der Waals surface area contributed by atoms with Gasteiger partial charge in [-0.2, -0.15) is 0 Å². The number of thioether (sulfide) groups is 1. The third kappa shape index (κ3) is 6.49. The van der Waals surface area contributed by atoms with Gasteiger partial charge in [0.15, 0.2) is 10.6 Å². The average molecular weight is 615 g/mol. The van der Waals surface area contributed by atoms with E-state index in [4.69, 9.17) is 14.2 Å². The smallest absolute Gasteiger partial charge is 0.508 e. The molecule has 2 aromatic carbocycles. The van der Waals surface area contributed by atoms with Gasteiger partial charge in [-0.25, -0.2) is 9.59 Å². The lowest BCUT2D eigenvalue weighted by Crippen LogP contribution is -2.70. The fraction of sp³-hybridized carbons (Fsp3) is 0.333. The molecular formula is C27H26N4O9S2. The van der Waals surface area contributed by atoms with Crippen LogP contribution in [0.3, 0.4) is 0 Å². The molecule has 2 unspecified atom stereocenters. The molecule has 0 bridgehead atoms. The van der Waals surface area contributed by atoms with Crippen LogP contribution in [-0.2, 0) is 48.2 Å². The molecular weight excluding hydrogens is 588 g/mol. The number of non-ortho nitro benzene ring substituents is 1. The van der Waals surface area contributed by atoms with E-state index in [1.165, 1.54) is 31.2 Å².